The molecule has 1 aromatic rings. The molecule has 1 aliphatic rings. The van der Waals surface area contributed by atoms with Gasteiger partial charge >= 0.3 is 0 Å². The zero-order valence-corrected chi connectivity index (χ0v) is 13.4. The second-order valence-corrected chi connectivity index (χ2v) is 6.20. The van der Waals surface area contributed by atoms with Crippen molar-refractivity contribution in [3.05, 3.63) is 33.8 Å². The summed E-state index contributed by atoms with van der Waals surface area (Å²) in [4.78, 5) is 14.8. The number of Topliss-reactive ketones (excluding diaryl/α,β-unsaturated/α-hetero) is 1. The van der Waals surface area contributed by atoms with E-state index in [4.69, 9.17) is 27.9 Å². The lowest BCUT2D eigenvalue weighted by Gasteiger charge is -2.40. The van der Waals surface area contributed by atoms with Crippen LogP contribution in [0.25, 0.3) is 0 Å². The molecule has 0 radical (unpaired) electrons. The molecule has 1 fully saturated rings. The van der Waals surface area contributed by atoms with E-state index in [9.17, 15) is 4.79 Å². The van der Waals surface area contributed by atoms with E-state index < -0.39 is 0 Å². The summed E-state index contributed by atoms with van der Waals surface area (Å²) in [7, 11) is 0. The maximum atomic E-state index is 12.6. The summed E-state index contributed by atoms with van der Waals surface area (Å²) in [6.45, 7) is 7.40. The van der Waals surface area contributed by atoms with Gasteiger partial charge in [0.15, 0.2) is 5.78 Å². The maximum Gasteiger partial charge on any atom is 0.181 e. The molecule has 3 atom stereocenters. The van der Waals surface area contributed by atoms with Gasteiger partial charge in [-0.25, -0.2) is 0 Å². The molecule has 2 rings (SSSR count). The fourth-order valence-corrected chi connectivity index (χ4v) is 3.04. The summed E-state index contributed by atoms with van der Waals surface area (Å²) >= 11 is 12.0. The topological polar surface area (TPSA) is 29.5 Å². The van der Waals surface area contributed by atoms with E-state index in [-0.39, 0.29) is 24.0 Å². The van der Waals surface area contributed by atoms with Crippen LogP contribution in [0, 0.1) is 0 Å². The van der Waals surface area contributed by atoms with Gasteiger partial charge in [-0.2, -0.15) is 0 Å². The average Bonchev–Trinajstić information content (AvgIpc) is 2.40. The number of ketones is 1. The smallest absolute Gasteiger partial charge is 0.181 e. The molecule has 110 valence electrons. The fourth-order valence-electron chi connectivity index (χ4n) is 2.53. The highest BCUT2D eigenvalue weighted by molar-refractivity contribution is 6.37. The molecule has 1 saturated heterocycles. The minimum absolute atomic E-state index is 0.0209. The van der Waals surface area contributed by atoms with Gasteiger partial charge in [0.2, 0.25) is 0 Å². The van der Waals surface area contributed by atoms with E-state index in [1.165, 1.54) is 0 Å². The Hall–Kier alpha value is -0.610. The lowest BCUT2D eigenvalue weighted by molar-refractivity contribution is -0.0585. The molecule has 0 N–H and O–H groups in total. The van der Waals surface area contributed by atoms with Gasteiger partial charge in [-0.15, -0.1) is 0 Å². The van der Waals surface area contributed by atoms with E-state index in [0.717, 1.165) is 6.54 Å². The number of carbonyl (C=O) groups excluding carboxylic acids is 1. The molecule has 0 bridgehead atoms. The van der Waals surface area contributed by atoms with E-state index in [0.29, 0.717) is 22.2 Å². The highest BCUT2D eigenvalue weighted by Crippen LogP contribution is 2.24. The van der Waals surface area contributed by atoms with Crippen LogP contribution < -0.4 is 0 Å². The van der Waals surface area contributed by atoms with E-state index in [1.54, 1.807) is 18.2 Å². The highest BCUT2D eigenvalue weighted by Gasteiger charge is 2.31. The van der Waals surface area contributed by atoms with Crippen molar-refractivity contribution in [3.63, 3.8) is 0 Å². The molecule has 5 heteroatoms. The predicted molar refractivity (Wildman–Crippen MR) is 81.8 cm³/mol. The second-order valence-electron chi connectivity index (χ2n) is 5.35. The molecular weight excluding hydrogens is 297 g/mol. The lowest BCUT2D eigenvalue weighted by atomic mass is 10.0. The zero-order chi connectivity index (χ0) is 14.9. The Morgan fingerprint density at radius 2 is 2.10 bits per heavy atom. The standard InChI is InChI=1S/C15H19Cl2NO2/c1-9-8-20-10(2)7-18(9)11(3)15(19)13-5-4-12(16)6-14(13)17/h4-6,9-11H,7-8H2,1-3H3. The van der Waals surface area contributed by atoms with Crippen molar-refractivity contribution in [2.24, 2.45) is 0 Å². The molecule has 1 aromatic carbocycles. The van der Waals surface area contributed by atoms with Crippen molar-refractivity contribution in [2.45, 2.75) is 39.0 Å². The van der Waals surface area contributed by atoms with Gasteiger partial charge in [0.05, 0.1) is 23.8 Å². The molecule has 1 aliphatic heterocycles. The van der Waals surface area contributed by atoms with Crippen LogP contribution in [0.3, 0.4) is 0 Å². The normalized spacial score (nSPS) is 25.4. The quantitative estimate of drug-likeness (QED) is 0.797. The Kier molecular flexibility index (Phi) is 5.08. The van der Waals surface area contributed by atoms with E-state index in [1.807, 2.05) is 13.8 Å². The number of rotatable bonds is 3. The number of hydrogen-bond donors (Lipinski definition) is 0. The molecular formula is C15H19Cl2NO2. The van der Waals surface area contributed by atoms with Crippen LogP contribution in [-0.2, 0) is 4.74 Å². The van der Waals surface area contributed by atoms with Gasteiger partial charge in [-0.3, -0.25) is 9.69 Å². The number of morpholine rings is 1. The van der Waals surface area contributed by atoms with Crippen molar-refractivity contribution in [3.8, 4) is 0 Å². The lowest BCUT2D eigenvalue weighted by Crippen LogP contribution is -2.53. The summed E-state index contributed by atoms with van der Waals surface area (Å²) in [5.74, 6) is 0.0209. The first-order valence-electron chi connectivity index (χ1n) is 6.76. The van der Waals surface area contributed by atoms with Crippen LogP contribution in [0.15, 0.2) is 18.2 Å². The van der Waals surface area contributed by atoms with Gasteiger partial charge in [-0.05, 0) is 39.0 Å². The Balaban J connectivity index is 2.19. The maximum absolute atomic E-state index is 12.6. The van der Waals surface area contributed by atoms with Crippen molar-refractivity contribution in [1.82, 2.24) is 4.90 Å². The third kappa shape index (κ3) is 3.34. The van der Waals surface area contributed by atoms with Crippen LogP contribution in [0.2, 0.25) is 10.0 Å². The monoisotopic (exact) mass is 315 g/mol. The number of carbonyl (C=O) groups is 1. The van der Waals surface area contributed by atoms with Crippen molar-refractivity contribution in [1.29, 1.82) is 0 Å². The molecule has 3 unspecified atom stereocenters. The number of ether oxygens (including phenoxy) is 1. The minimum atomic E-state index is -0.227. The fraction of sp³-hybridized carbons (Fsp3) is 0.533. The van der Waals surface area contributed by atoms with Crippen LogP contribution >= 0.6 is 23.2 Å². The Morgan fingerprint density at radius 1 is 1.40 bits per heavy atom. The summed E-state index contributed by atoms with van der Waals surface area (Å²) < 4.78 is 5.60. The first-order valence-corrected chi connectivity index (χ1v) is 7.52. The Morgan fingerprint density at radius 3 is 2.75 bits per heavy atom. The molecule has 3 nitrogen and oxygen atoms in total. The molecule has 0 amide bonds. The number of nitrogens with zero attached hydrogens (tertiary/aromatic N) is 1. The van der Waals surface area contributed by atoms with E-state index in [2.05, 4.69) is 11.8 Å². The first kappa shape index (κ1) is 15.8. The van der Waals surface area contributed by atoms with Crippen molar-refractivity contribution >= 4 is 29.0 Å². The van der Waals surface area contributed by atoms with Crippen molar-refractivity contribution < 1.29 is 9.53 Å². The van der Waals surface area contributed by atoms with Crippen LogP contribution in [-0.4, -0.2) is 42.0 Å². The first-order chi connectivity index (χ1) is 9.40. The second kappa shape index (κ2) is 6.44. The van der Waals surface area contributed by atoms with E-state index >= 15 is 0 Å². The molecule has 0 spiro atoms. The largest absolute Gasteiger partial charge is 0.376 e. The number of halogens is 2. The zero-order valence-electron chi connectivity index (χ0n) is 11.9. The molecule has 1 heterocycles. The molecule has 0 aromatic heterocycles. The third-order valence-electron chi connectivity index (χ3n) is 3.73. The minimum Gasteiger partial charge on any atom is -0.376 e. The predicted octanol–water partition coefficient (Wildman–Crippen LogP) is 3.67. The van der Waals surface area contributed by atoms with Gasteiger partial charge < -0.3 is 4.74 Å². The Labute approximate surface area is 129 Å². The van der Waals surface area contributed by atoms with Gasteiger partial charge in [0.1, 0.15) is 0 Å². The highest BCUT2D eigenvalue weighted by atomic mass is 35.5. The van der Waals surface area contributed by atoms with Gasteiger partial charge in [0.25, 0.3) is 0 Å². The SMILES string of the molecule is CC1CN(C(C)C(=O)c2ccc(Cl)cc2Cl)C(C)CO1. The Bertz CT molecular complexity index is 507. The van der Waals surface area contributed by atoms with Crippen LogP contribution in [0.5, 0.6) is 0 Å². The summed E-state index contributed by atoms with van der Waals surface area (Å²) in [5, 5.41) is 0.941. The van der Waals surface area contributed by atoms with Crippen molar-refractivity contribution in [2.75, 3.05) is 13.2 Å². The van der Waals surface area contributed by atoms with Gasteiger partial charge in [0, 0.05) is 23.2 Å². The molecule has 0 saturated carbocycles. The van der Waals surface area contributed by atoms with Gasteiger partial charge in [-0.1, -0.05) is 23.2 Å². The molecule has 20 heavy (non-hydrogen) atoms. The molecule has 0 aliphatic carbocycles. The number of benzene rings is 1. The number of hydrogen-bond acceptors (Lipinski definition) is 3. The van der Waals surface area contributed by atoms with Crippen LogP contribution in [0.4, 0.5) is 0 Å². The third-order valence-corrected chi connectivity index (χ3v) is 4.28. The van der Waals surface area contributed by atoms with Crippen LogP contribution in [0.1, 0.15) is 31.1 Å². The summed E-state index contributed by atoms with van der Waals surface area (Å²) in [6, 6.07) is 4.98. The average molecular weight is 316 g/mol. The summed E-state index contributed by atoms with van der Waals surface area (Å²) in [5.41, 5.74) is 0.523. The summed E-state index contributed by atoms with van der Waals surface area (Å²) in [6.07, 6.45) is 0.141.